The van der Waals surface area contributed by atoms with Gasteiger partial charge in [0.2, 0.25) is 0 Å². The van der Waals surface area contributed by atoms with Crippen LogP contribution in [-0.4, -0.2) is 16.9 Å². The monoisotopic (exact) mass is 416 g/mol. The van der Waals surface area contributed by atoms with Crippen molar-refractivity contribution in [3.63, 3.8) is 0 Å². The Kier molecular flexibility index (Phi) is 7.01. The smallest absolute Gasteiger partial charge is 0.306 e. The van der Waals surface area contributed by atoms with Crippen molar-refractivity contribution in [1.29, 1.82) is 0 Å². The number of carbonyl (C=O) groups excluding carboxylic acids is 1. The Morgan fingerprint density at radius 1 is 0.935 bits per heavy atom. The third kappa shape index (κ3) is 5.33. The summed E-state index contributed by atoms with van der Waals surface area (Å²) in [6.07, 6.45) is 10.4. The van der Waals surface area contributed by atoms with Crippen molar-refractivity contribution < 1.29 is 14.7 Å². The molecule has 0 saturated heterocycles. The Labute approximate surface area is 185 Å². The Morgan fingerprint density at radius 3 is 2.55 bits per heavy atom. The third-order valence-corrected chi connectivity index (χ3v) is 6.88. The van der Waals surface area contributed by atoms with Crippen LogP contribution in [0.15, 0.2) is 54.1 Å². The van der Waals surface area contributed by atoms with Gasteiger partial charge in [0.15, 0.2) is 5.78 Å². The summed E-state index contributed by atoms with van der Waals surface area (Å²) in [6.45, 7) is 0. The average molecular weight is 417 g/mol. The molecule has 1 unspecified atom stereocenters. The molecule has 162 valence electrons. The molecule has 0 heterocycles. The fraction of sp³-hybridized carbons (Fsp3) is 0.429. The molecular formula is C28H32O3. The second-order valence-corrected chi connectivity index (χ2v) is 9.09. The lowest BCUT2D eigenvalue weighted by Gasteiger charge is -2.14. The maximum Gasteiger partial charge on any atom is 0.306 e. The van der Waals surface area contributed by atoms with Gasteiger partial charge in [0, 0.05) is 12.0 Å². The fourth-order valence-corrected chi connectivity index (χ4v) is 5.12. The predicted octanol–water partition coefficient (Wildman–Crippen LogP) is 6.65. The second-order valence-electron chi connectivity index (χ2n) is 9.09. The molecule has 2 aliphatic carbocycles. The Hall–Kier alpha value is -2.68. The van der Waals surface area contributed by atoms with E-state index >= 15 is 0 Å². The number of carboxylic acid groups (broad SMARTS) is 1. The van der Waals surface area contributed by atoms with Gasteiger partial charge in [-0.15, -0.1) is 0 Å². The molecule has 0 aromatic heterocycles. The Balaban J connectivity index is 1.28. The number of unbranched alkanes of at least 4 members (excludes halogenated alkanes) is 2. The Bertz CT molecular complexity index is 971. The first-order chi connectivity index (χ1) is 15.1. The lowest BCUT2D eigenvalue weighted by Crippen LogP contribution is -2.18. The molecule has 0 fully saturated rings. The van der Waals surface area contributed by atoms with Gasteiger partial charge in [-0.2, -0.15) is 0 Å². The van der Waals surface area contributed by atoms with Gasteiger partial charge in [-0.25, -0.2) is 0 Å². The van der Waals surface area contributed by atoms with E-state index < -0.39 is 11.9 Å². The average Bonchev–Trinajstić information content (AvgIpc) is 3.16. The highest BCUT2D eigenvalue weighted by Gasteiger charge is 2.26. The minimum absolute atomic E-state index is 0.0376. The first kappa shape index (κ1) is 21.5. The van der Waals surface area contributed by atoms with Crippen molar-refractivity contribution >= 4 is 17.3 Å². The molecule has 0 spiro atoms. The van der Waals surface area contributed by atoms with Crippen molar-refractivity contribution in [2.24, 2.45) is 5.92 Å². The molecule has 2 aromatic rings. The highest BCUT2D eigenvalue weighted by Crippen LogP contribution is 2.41. The molecule has 0 aliphatic heterocycles. The molecule has 3 heteroatoms. The minimum Gasteiger partial charge on any atom is -0.481 e. The number of Topliss-reactive ketones (excluding diaryl/α,β-unsaturated/α-hetero) is 1. The van der Waals surface area contributed by atoms with Crippen LogP contribution in [0.4, 0.5) is 0 Å². The largest absolute Gasteiger partial charge is 0.481 e. The summed E-state index contributed by atoms with van der Waals surface area (Å²) >= 11 is 0. The number of ketones is 1. The lowest BCUT2D eigenvalue weighted by molar-refractivity contribution is -0.141. The number of aryl methyl sites for hydroxylation is 1. The first-order valence-electron chi connectivity index (χ1n) is 11.8. The number of hydrogen-bond acceptors (Lipinski definition) is 2. The number of benzene rings is 2. The van der Waals surface area contributed by atoms with E-state index in [2.05, 4.69) is 18.2 Å². The zero-order valence-corrected chi connectivity index (χ0v) is 18.2. The maximum absolute atomic E-state index is 12.9. The number of carboxylic acids is 1. The quantitative estimate of drug-likeness (QED) is 0.348. The van der Waals surface area contributed by atoms with Crippen LogP contribution in [0.3, 0.4) is 0 Å². The molecule has 0 bridgehead atoms. The van der Waals surface area contributed by atoms with Crippen molar-refractivity contribution in [3.05, 3.63) is 76.4 Å². The van der Waals surface area contributed by atoms with E-state index in [4.69, 9.17) is 0 Å². The molecule has 31 heavy (non-hydrogen) atoms. The molecule has 4 rings (SSSR count). The lowest BCUT2D eigenvalue weighted by atomic mass is 9.90. The predicted molar refractivity (Wildman–Crippen MR) is 124 cm³/mol. The topological polar surface area (TPSA) is 54.4 Å². The van der Waals surface area contributed by atoms with Crippen LogP contribution in [0.25, 0.3) is 5.57 Å². The highest BCUT2D eigenvalue weighted by molar-refractivity contribution is 5.98. The summed E-state index contributed by atoms with van der Waals surface area (Å²) in [5.41, 5.74) is 7.61. The molecule has 2 aliphatic rings. The number of rotatable bonds is 10. The summed E-state index contributed by atoms with van der Waals surface area (Å²) in [7, 11) is 0. The van der Waals surface area contributed by atoms with Crippen LogP contribution >= 0.6 is 0 Å². The van der Waals surface area contributed by atoms with E-state index in [0.29, 0.717) is 12.0 Å². The van der Waals surface area contributed by atoms with Crippen molar-refractivity contribution in [1.82, 2.24) is 0 Å². The molecule has 0 radical (unpaired) electrons. The molecule has 3 nitrogen and oxygen atoms in total. The van der Waals surface area contributed by atoms with E-state index in [1.807, 2.05) is 30.3 Å². The maximum atomic E-state index is 12.9. The van der Waals surface area contributed by atoms with Crippen molar-refractivity contribution in [2.45, 2.75) is 70.6 Å². The molecular weight excluding hydrogens is 384 g/mol. The van der Waals surface area contributed by atoms with Crippen LogP contribution in [0, 0.1) is 5.92 Å². The van der Waals surface area contributed by atoms with Crippen LogP contribution in [0.2, 0.25) is 0 Å². The van der Waals surface area contributed by atoms with Gasteiger partial charge in [-0.05, 0) is 79.7 Å². The van der Waals surface area contributed by atoms with Crippen LogP contribution < -0.4 is 0 Å². The number of hydrogen-bond donors (Lipinski definition) is 1. The fourth-order valence-electron chi connectivity index (χ4n) is 5.12. The summed E-state index contributed by atoms with van der Waals surface area (Å²) in [5.74, 6) is -1.48. The van der Waals surface area contributed by atoms with Gasteiger partial charge in [-0.1, -0.05) is 60.9 Å². The summed E-state index contributed by atoms with van der Waals surface area (Å²) in [4.78, 5) is 24.6. The van der Waals surface area contributed by atoms with Crippen LogP contribution in [0.1, 0.15) is 84.8 Å². The standard InChI is InChI=1S/C28H32O3/c29-27(22-15-16-26-24(18-22)17-21-12-7-8-14-25(21)26)19-23(28(30)31)13-6-2-5-11-20-9-3-1-4-10-20/h1,3-4,9-10,15-16,18,23H,2,5-8,11-14,17,19H2,(H,30,31). The molecule has 1 atom stereocenters. The zero-order valence-electron chi connectivity index (χ0n) is 18.2. The van der Waals surface area contributed by atoms with E-state index in [1.54, 1.807) is 5.57 Å². The second kappa shape index (κ2) is 10.1. The van der Waals surface area contributed by atoms with Gasteiger partial charge in [0.05, 0.1) is 5.92 Å². The highest BCUT2D eigenvalue weighted by atomic mass is 16.4. The molecule has 0 saturated carbocycles. The van der Waals surface area contributed by atoms with E-state index in [9.17, 15) is 14.7 Å². The zero-order chi connectivity index (χ0) is 21.6. The molecule has 1 N–H and O–H groups in total. The van der Waals surface area contributed by atoms with Gasteiger partial charge < -0.3 is 5.11 Å². The SMILES string of the molecule is O=C(CC(CCCCCc1ccccc1)C(=O)O)c1ccc2c(c1)CC1=C2CCCC1. The van der Waals surface area contributed by atoms with E-state index in [0.717, 1.165) is 38.5 Å². The van der Waals surface area contributed by atoms with Gasteiger partial charge in [-0.3, -0.25) is 9.59 Å². The van der Waals surface area contributed by atoms with Gasteiger partial charge >= 0.3 is 5.97 Å². The Morgan fingerprint density at radius 2 is 1.74 bits per heavy atom. The molecule has 0 amide bonds. The number of allylic oxidation sites excluding steroid dienone is 2. The minimum atomic E-state index is -0.852. The van der Waals surface area contributed by atoms with Gasteiger partial charge in [0.25, 0.3) is 0 Å². The van der Waals surface area contributed by atoms with Gasteiger partial charge in [0.1, 0.15) is 0 Å². The van der Waals surface area contributed by atoms with Crippen molar-refractivity contribution in [3.8, 4) is 0 Å². The van der Waals surface area contributed by atoms with E-state index in [1.165, 1.54) is 41.5 Å². The van der Waals surface area contributed by atoms with Crippen LogP contribution in [-0.2, 0) is 17.6 Å². The van der Waals surface area contributed by atoms with Crippen molar-refractivity contribution in [2.75, 3.05) is 0 Å². The number of fused-ring (bicyclic) bond motifs is 2. The number of aliphatic carboxylic acids is 1. The normalized spacial score (nSPS) is 16.0. The van der Waals surface area contributed by atoms with E-state index in [-0.39, 0.29) is 12.2 Å². The van der Waals surface area contributed by atoms with Crippen LogP contribution in [0.5, 0.6) is 0 Å². The third-order valence-electron chi connectivity index (χ3n) is 6.88. The summed E-state index contributed by atoms with van der Waals surface area (Å²) < 4.78 is 0. The summed E-state index contributed by atoms with van der Waals surface area (Å²) in [6, 6.07) is 16.4. The summed E-state index contributed by atoms with van der Waals surface area (Å²) in [5, 5.41) is 9.64. The number of carbonyl (C=O) groups is 2. The first-order valence-corrected chi connectivity index (χ1v) is 11.8. The molecule has 2 aromatic carbocycles.